The van der Waals surface area contributed by atoms with Gasteiger partial charge >= 0.3 is 0 Å². The average Bonchev–Trinajstić information content (AvgIpc) is 2.60. The lowest BCUT2D eigenvalue weighted by molar-refractivity contribution is -0.139. The van der Waals surface area contributed by atoms with Crippen LogP contribution in [0.2, 0.25) is 0 Å². The third-order valence-corrected chi connectivity index (χ3v) is 4.21. The van der Waals surface area contributed by atoms with Crippen molar-refractivity contribution in [2.75, 3.05) is 19.7 Å². The van der Waals surface area contributed by atoms with Crippen molar-refractivity contribution in [3.63, 3.8) is 0 Å². The summed E-state index contributed by atoms with van der Waals surface area (Å²) in [5, 5.41) is 0. The number of aromatic nitrogens is 2. The number of aryl methyl sites for hydroxylation is 3. The van der Waals surface area contributed by atoms with Crippen LogP contribution in [0.3, 0.4) is 0 Å². The fourth-order valence-electron chi connectivity index (χ4n) is 3.02. The Balaban J connectivity index is 1.61. The normalized spacial score (nSPS) is 17.8. The molecule has 0 radical (unpaired) electrons. The molecule has 0 unspecified atom stereocenters. The van der Waals surface area contributed by atoms with Crippen LogP contribution >= 0.6 is 0 Å². The van der Waals surface area contributed by atoms with Gasteiger partial charge in [0.1, 0.15) is 11.9 Å². The first-order valence-corrected chi connectivity index (χ1v) is 8.37. The second-order valence-electron chi connectivity index (χ2n) is 6.17. The smallest absolute Gasteiger partial charge is 0.223 e. The Morgan fingerprint density at radius 2 is 2.04 bits per heavy atom. The van der Waals surface area contributed by atoms with E-state index in [1.165, 1.54) is 5.56 Å². The van der Waals surface area contributed by atoms with E-state index in [-0.39, 0.29) is 12.0 Å². The van der Waals surface area contributed by atoms with E-state index in [1.807, 2.05) is 43.0 Å². The first kappa shape index (κ1) is 16.6. The molecule has 3 rings (SSSR count). The standard InChI is InChI=1S/C19H23N3O2/c1-14-12-17(21-15(2)20-14)18-13-22(10-11-24-18)19(23)9-8-16-6-4-3-5-7-16/h3-7,12,18H,8-11,13H2,1-2H3/t18-/m0/s1. The third kappa shape index (κ3) is 4.17. The fourth-order valence-corrected chi connectivity index (χ4v) is 3.02. The molecule has 0 N–H and O–H groups in total. The summed E-state index contributed by atoms with van der Waals surface area (Å²) in [5.74, 6) is 0.913. The summed E-state index contributed by atoms with van der Waals surface area (Å²) in [7, 11) is 0. The molecule has 0 bridgehead atoms. The Labute approximate surface area is 142 Å². The first-order chi connectivity index (χ1) is 11.6. The molecule has 2 heterocycles. The zero-order valence-corrected chi connectivity index (χ0v) is 14.2. The Kier molecular flexibility index (Phi) is 5.20. The van der Waals surface area contributed by atoms with Crippen LogP contribution in [0.15, 0.2) is 36.4 Å². The highest BCUT2D eigenvalue weighted by Crippen LogP contribution is 2.22. The number of carbonyl (C=O) groups excluding carboxylic acids is 1. The van der Waals surface area contributed by atoms with Crippen molar-refractivity contribution in [1.82, 2.24) is 14.9 Å². The molecule has 2 aromatic rings. The van der Waals surface area contributed by atoms with Crippen LogP contribution in [0.25, 0.3) is 0 Å². The molecule has 126 valence electrons. The minimum Gasteiger partial charge on any atom is -0.368 e. The van der Waals surface area contributed by atoms with Crippen molar-refractivity contribution < 1.29 is 9.53 Å². The quantitative estimate of drug-likeness (QED) is 0.867. The van der Waals surface area contributed by atoms with E-state index in [0.717, 1.165) is 23.6 Å². The van der Waals surface area contributed by atoms with Gasteiger partial charge in [-0.15, -0.1) is 0 Å². The molecule has 5 heteroatoms. The highest BCUT2D eigenvalue weighted by Gasteiger charge is 2.26. The lowest BCUT2D eigenvalue weighted by Crippen LogP contribution is -2.42. The Morgan fingerprint density at radius 1 is 1.25 bits per heavy atom. The van der Waals surface area contributed by atoms with Crippen LogP contribution in [0.5, 0.6) is 0 Å². The number of hydrogen-bond acceptors (Lipinski definition) is 4. The summed E-state index contributed by atoms with van der Waals surface area (Å²) in [5.41, 5.74) is 2.98. The van der Waals surface area contributed by atoms with Crippen LogP contribution in [0.4, 0.5) is 0 Å². The zero-order chi connectivity index (χ0) is 16.9. The van der Waals surface area contributed by atoms with E-state index < -0.39 is 0 Å². The van der Waals surface area contributed by atoms with Gasteiger partial charge in [0.2, 0.25) is 5.91 Å². The molecule has 1 aliphatic rings. The lowest BCUT2D eigenvalue weighted by Gasteiger charge is -2.33. The van der Waals surface area contributed by atoms with Crippen molar-refractivity contribution in [2.45, 2.75) is 32.8 Å². The maximum absolute atomic E-state index is 12.5. The fraction of sp³-hybridized carbons (Fsp3) is 0.421. The topological polar surface area (TPSA) is 55.3 Å². The monoisotopic (exact) mass is 325 g/mol. The van der Waals surface area contributed by atoms with Crippen LogP contribution < -0.4 is 0 Å². The third-order valence-electron chi connectivity index (χ3n) is 4.21. The number of carbonyl (C=O) groups is 1. The van der Waals surface area contributed by atoms with Crippen molar-refractivity contribution in [3.8, 4) is 0 Å². The number of hydrogen-bond donors (Lipinski definition) is 0. The van der Waals surface area contributed by atoms with Crippen molar-refractivity contribution >= 4 is 5.91 Å². The highest BCUT2D eigenvalue weighted by atomic mass is 16.5. The molecule has 0 saturated carbocycles. The molecule has 24 heavy (non-hydrogen) atoms. The molecule has 1 aromatic carbocycles. The number of nitrogens with zero attached hydrogens (tertiary/aromatic N) is 3. The van der Waals surface area contributed by atoms with Crippen molar-refractivity contribution in [1.29, 1.82) is 0 Å². The molecular formula is C19H23N3O2. The molecular weight excluding hydrogens is 302 g/mol. The SMILES string of the molecule is Cc1cc([C@@H]2CN(C(=O)CCc3ccccc3)CCO2)nc(C)n1. The molecule has 1 amide bonds. The number of rotatable bonds is 4. The maximum Gasteiger partial charge on any atom is 0.223 e. The van der Waals surface area contributed by atoms with Gasteiger partial charge in [-0.25, -0.2) is 9.97 Å². The second-order valence-corrected chi connectivity index (χ2v) is 6.17. The minimum atomic E-state index is -0.167. The van der Waals surface area contributed by atoms with E-state index in [1.54, 1.807) is 0 Å². The van der Waals surface area contributed by atoms with Gasteiger partial charge in [0.05, 0.1) is 18.8 Å². The van der Waals surface area contributed by atoms with Gasteiger partial charge in [0, 0.05) is 18.7 Å². The van der Waals surface area contributed by atoms with Gasteiger partial charge in [0.15, 0.2) is 0 Å². The Morgan fingerprint density at radius 3 is 2.79 bits per heavy atom. The average molecular weight is 325 g/mol. The predicted molar refractivity (Wildman–Crippen MR) is 91.5 cm³/mol. The van der Waals surface area contributed by atoms with Crippen LogP contribution in [0, 0.1) is 13.8 Å². The molecule has 1 aliphatic heterocycles. The molecule has 0 spiro atoms. The Bertz CT molecular complexity index is 683. The predicted octanol–water partition coefficient (Wildman–Crippen LogP) is 2.63. The second kappa shape index (κ2) is 7.53. The van der Waals surface area contributed by atoms with Crippen LogP contribution in [-0.4, -0.2) is 40.5 Å². The van der Waals surface area contributed by atoms with E-state index in [2.05, 4.69) is 22.1 Å². The molecule has 1 fully saturated rings. The van der Waals surface area contributed by atoms with Gasteiger partial charge in [-0.05, 0) is 31.9 Å². The highest BCUT2D eigenvalue weighted by molar-refractivity contribution is 5.76. The molecule has 0 aliphatic carbocycles. The zero-order valence-electron chi connectivity index (χ0n) is 14.2. The number of morpholine rings is 1. The number of benzene rings is 1. The molecule has 1 saturated heterocycles. The molecule has 1 aromatic heterocycles. The van der Waals surface area contributed by atoms with Gasteiger partial charge in [-0.3, -0.25) is 4.79 Å². The van der Waals surface area contributed by atoms with Crippen molar-refractivity contribution in [3.05, 3.63) is 59.2 Å². The Hall–Kier alpha value is -2.27. The maximum atomic E-state index is 12.5. The van der Waals surface area contributed by atoms with Gasteiger partial charge in [-0.2, -0.15) is 0 Å². The first-order valence-electron chi connectivity index (χ1n) is 8.37. The summed E-state index contributed by atoms with van der Waals surface area (Å²) < 4.78 is 5.83. The summed E-state index contributed by atoms with van der Waals surface area (Å²) >= 11 is 0. The number of ether oxygens (including phenoxy) is 1. The molecule has 5 nitrogen and oxygen atoms in total. The lowest BCUT2D eigenvalue weighted by atomic mass is 10.1. The summed E-state index contributed by atoms with van der Waals surface area (Å²) in [4.78, 5) is 23.2. The van der Waals surface area contributed by atoms with E-state index >= 15 is 0 Å². The summed E-state index contributed by atoms with van der Waals surface area (Å²) in [6.07, 6.45) is 1.13. The largest absolute Gasteiger partial charge is 0.368 e. The molecule has 1 atom stereocenters. The van der Waals surface area contributed by atoms with Gasteiger partial charge in [-0.1, -0.05) is 30.3 Å². The van der Waals surface area contributed by atoms with E-state index in [9.17, 15) is 4.79 Å². The summed E-state index contributed by atoms with van der Waals surface area (Å²) in [6, 6.07) is 12.1. The van der Waals surface area contributed by atoms with E-state index in [4.69, 9.17) is 4.74 Å². The van der Waals surface area contributed by atoms with E-state index in [0.29, 0.717) is 26.1 Å². The van der Waals surface area contributed by atoms with Crippen LogP contribution in [-0.2, 0) is 16.0 Å². The minimum absolute atomic E-state index is 0.167. The van der Waals surface area contributed by atoms with Gasteiger partial charge < -0.3 is 9.64 Å². The number of amides is 1. The van der Waals surface area contributed by atoms with Gasteiger partial charge in [0.25, 0.3) is 0 Å². The van der Waals surface area contributed by atoms with Crippen molar-refractivity contribution in [2.24, 2.45) is 0 Å². The summed E-state index contributed by atoms with van der Waals surface area (Å²) in [6.45, 7) is 5.58. The van der Waals surface area contributed by atoms with Crippen LogP contribution in [0.1, 0.15) is 35.3 Å².